The smallest absolute Gasteiger partial charge is 0.226 e. The second kappa shape index (κ2) is 7.83. The molecule has 1 aromatic carbocycles. The molecule has 2 aliphatic heterocycles. The number of methoxy groups -OCH3 is 1. The minimum absolute atomic E-state index is 0. The Bertz CT molecular complexity index is 628. The van der Waals surface area contributed by atoms with Crippen molar-refractivity contribution in [1.29, 1.82) is 0 Å². The molecule has 5 nitrogen and oxygen atoms in total. The van der Waals surface area contributed by atoms with Crippen LogP contribution >= 0.6 is 24.8 Å². The van der Waals surface area contributed by atoms with Crippen molar-refractivity contribution in [2.24, 2.45) is 17.8 Å². The van der Waals surface area contributed by atoms with Gasteiger partial charge in [-0.2, -0.15) is 0 Å². The van der Waals surface area contributed by atoms with Crippen molar-refractivity contribution in [1.82, 2.24) is 10.2 Å². The number of hydrogen-bond donors (Lipinski definition) is 1. The number of rotatable bonds is 3. The molecule has 3 atom stereocenters. The van der Waals surface area contributed by atoms with Crippen LogP contribution in [0, 0.1) is 17.8 Å². The monoisotopic (exact) mass is 401 g/mol. The van der Waals surface area contributed by atoms with Crippen molar-refractivity contribution in [3.05, 3.63) is 24.3 Å². The first-order chi connectivity index (χ1) is 11.5. The highest BCUT2D eigenvalue weighted by Crippen LogP contribution is 2.50. The molecule has 0 bridgehead atoms. The fourth-order valence-corrected chi connectivity index (χ4v) is 4.58. The van der Waals surface area contributed by atoms with Crippen LogP contribution in [-0.2, 0) is 4.79 Å². The van der Waals surface area contributed by atoms with Crippen LogP contribution < -0.4 is 15.0 Å². The lowest BCUT2D eigenvalue weighted by Crippen LogP contribution is -2.61. The first-order valence-electron chi connectivity index (χ1n) is 8.92. The molecule has 7 heteroatoms. The van der Waals surface area contributed by atoms with E-state index >= 15 is 0 Å². The van der Waals surface area contributed by atoms with Crippen LogP contribution in [0.25, 0.3) is 0 Å². The number of piperidine rings is 1. The number of carbonyl (C=O) groups is 1. The summed E-state index contributed by atoms with van der Waals surface area (Å²) in [6.45, 7) is 8.99. The highest BCUT2D eigenvalue weighted by Gasteiger charge is 2.58. The van der Waals surface area contributed by atoms with Crippen molar-refractivity contribution in [2.75, 3.05) is 44.7 Å². The number of anilines is 1. The van der Waals surface area contributed by atoms with E-state index in [9.17, 15) is 4.79 Å². The second-order valence-electron chi connectivity index (χ2n) is 7.93. The van der Waals surface area contributed by atoms with Gasteiger partial charge in [0.05, 0.1) is 12.6 Å². The van der Waals surface area contributed by atoms with Crippen LogP contribution in [0.4, 0.5) is 5.69 Å². The van der Waals surface area contributed by atoms with E-state index in [1.807, 2.05) is 12.1 Å². The van der Waals surface area contributed by atoms with Crippen LogP contribution in [0.5, 0.6) is 5.75 Å². The summed E-state index contributed by atoms with van der Waals surface area (Å²) < 4.78 is 5.25. The van der Waals surface area contributed by atoms with E-state index in [1.54, 1.807) is 7.11 Å². The van der Waals surface area contributed by atoms with E-state index in [2.05, 4.69) is 41.1 Å². The Hall–Kier alpha value is -1.17. The molecule has 146 valence electrons. The number of ether oxygens (including phenoxy) is 1. The van der Waals surface area contributed by atoms with Gasteiger partial charge in [-0.05, 0) is 63.0 Å². The molecule has 26 heavy (non-hydrogen) atoms. The van der Waals surface area contributed by atoms with Crippen molar-refractivity contribution in [3.8, 4) is 5.75 Å². The standard InChI is InChI=1S/C19H27N3O2.2ClH/c1-19(2)12-21(18(23)17-15-10-20-11-16(15)17)8-9-22(19)13-4-6-14(24-3)7-5-13;;/h4-7,15-17,20H,8-12H2,1-3H3;2*1H/t15-,16+,17?;;. The normalized spacial score (nSPS) is 28.5. The Morgan fingerprint density at radius 3 is 2.27 bits per heavy atom. The molecule has 1 amide bonds. The van der Waals surface area contributed by atoms with E-state index < -0.39 is 0 Å². The highest BCUT2D eigenvalue weighted by atomic mass is 35.5. The number of halogens is 2. The van der Waals surface area contributed by atoms with Gasteiger partial charge in [-0.3, -0.25) is 4.79 Å². The van der Waals surface area contributed by atoms with Crippen molar-refractivity contribution >= 4 is 36.4 Å². The topological polar surface area (TPSA) is 44.8 Å². The summed E-state index contributed by atoms with van der Waals surface area (Å²) in [6, 6.07) is 8.21. The zero-order valence-electron chi connectivity index (χ0n) is 15.6. The summed E-state index contributed by atoms with van der Waals surface area (Å²) in [7, 11) is 1.69. The maximum Gasteiger partial charge on any atom is 0.226 e. The lowest BCUT2D eigenvalue weighted by atomic mass is 9.97. The molecular formula is C19H29Cl2N3O2. The number of fused-ring (bicyclic) bond motifs is 1. The van der Waals surface area contributed by atoms with Crippen LogP contribution in [-0.4, -0.2) is 56.2 Å². The number of benzene rings is 1. The summed E-state index contributed by atoms with van der Waals surface area (Å²) in [5.41, 5.74) is 1.13. The molecule has 2 heterocycles. The van der Waals surface area contributed by atoms with Crippen LogP contribution in [0.15, 0.2) is 24.3 Å². The van der Waals surface area contributed by atoms with Gasteiger partial charge in [0.15, 0.2) is 0 Å². The first kappa shape index (κ1) is 21.1. The third-order valence-electron chi connectivity index (χ3n) is 5.97. The van der Waals surface area contributed by atoms with Gasteiger partial charge in [-0.15, -0.1) is 24.8 Å². The Kier molecular flexibility index (Phi) is 6.36. The molecule has 0 aromatic heterocycles. The Morgan fingerprint density at radius 2 is 1.73 bits per heavy atom. The Balaban J connectivity index is 0.00000121. The van der Waals surface area contributed by atoms with Gasteiger partial charge < -0.3 is 19.9 Å². The number of nitrogens with zero attached hydrogens (tertiary/aromatic N) is 2. The van der Waals surface area contributed by atoms with Gasteiger partial charge in [-0.1, -0.05) is 0 Å². The average molecular weight is 402 g/mol. The predicted molar refractivity (Wildman–Crippen MR) is 109 cm³/mol. The van der Waals surface area contributed by atoms with E-state index in [0.717, 1.165) is 38.5 Å². The second-order valence-corrected chi connectivity index (χ2v) is 7.93. The Morgan fingerprint density at radius 1 is 1.12 bits per heavy atom. The maximum atomic E-state index is 12.9. The number of nitrogens with one attached hydrogen (secondary N) is 1. The highest BCUT2D eigenvalue weighted by molar-refractivity contribution is 5.85. The largest absolute Gasteiger partial charge is 0.497 e. The van der Waals surface area contributed by atoms with Gasteiger partial charge in [-0.25, -0.2) is 0 Å². The Labute approximate surface area is 168 Å². The van der Waals surface area contributed by atoms with Crippen molar-refractivity contribution < 1.29 is 9.53 Å². The van der Waals surface area contributed by atoms with Crippen molar-refractivity contribution in [2.45, 2.75) is 19.4 Å². The third kappa shape index (κ3) is 3.62. The van der Waals surface area contributed by atoms with E-state index in [4.69, 9.17) is 4.74 Å². The van der Waals surface area contributed by atoms with Crippen LogP contribution in [0.1, 0.15) is 13.8 Å². The van der Waals surface area contributed by atoms with E-state index in [0.29, 0.717) is 17.7 Å². The zero-order valence-corrected chi connectivity index (χ0v) is 17.2. The first-order valence-corrected chi connectivity index (χ1v) is 8.92. The van der Waals surface area contributed by atoms with Gasteiger partial charge in [0.2, 0.25) is 5.91 Å². The quantitative estimate of drug-likeness (QED) is 0.844. The summed E-state index contributed by atoms with van der Waals surface area (Å²) in [5, 5.41) is 3.37. The van der Waals surface area contributed by atoms with Gasteiger partial charge in [0.25, 0.3) is 0 Å². The fraction of sp³-hybridized carbons (Fsp3) is 0.632. The molecule has 1 unspecified atom stereocenters. The minimum Gasteiger partial charge on any atom is -0.497 e. The molecule has 0 radical (unpaired) electrons. The SMILES string of the molecule is COc1ccc(N2CCN(C(=O)C3[C@H]4CNC[C@@H]34)CC2(C)C)cc1.Cl.Cl. The van der Waals surface area contributed by atoms with Crippen molar-refractivity contribution in [3.63, 3.8) is 0 Å². The molecule has 1 aliphatic carbocycles. The summed E-state index contributed by atoms with van der Waals surface area (Å²) in [6.07, 6.45) is 0. The molecule has 3 fully saturated rings. The number of amides is 1. The molecule has 4 rings (SSSR count). The lowest BCUT2D eigenvalue weighted by molar-refractivity contribution is -0.134. The molecule has 2 saturated heterocycles. The zero-order chi connectivity index (χ0) is 16.9. The summed E-state index contributed by atoms with van der Waals surface area (Å²) in [4.78, 5) is 17.4. The number of piperazine rings is 1. The summed E-state index contributed by atoms with van der Waals surface area (Å²) in [5.74, 6) is 2.74. The van der Waals surface area contributed by atoms with E-state index in [1.165, 1.54) is 5.69 Å². The minimum atomic E-state index is -0.0647. The molecule has 1 saturated carbocycles. The molecule has 1 N–H and O–H groups in total. The average Bonchev–Trinajstić information content (AvgIpc) is 3.05. The maximum absolute atomic E-state index is 12.9. The lowest BCUT2D eigenvalue weighted by Gasteiger charge is -2.48. The van der Waals surface area contributed by atoms with Gasteiger partial charge in [0, 0.05) is 31.2 Å². The number of hydrogen-bond acceptors (Lipinski definition) is 4. The van der Waals surface area contributed by atoms with Gasteiger partial charge in [0.1, 0.15) is 5.75 Å². The molecule has 3 aliphatic rings. The fourth-order valence-electron chi connectivity index (χ4n) is 4.58. The van der Waals surface area contributed by atoms with Gasteiger partial charge >= 0.3 is 0 Å². The van der Waals surface area contributed by atoms with Crippen LogP contribution in [0.2, 0.25) is 0 Å². The van der Waals surface area contributed by atoms with Crippen LogP contribution in [0.3, 0.4) is 0 Å². The number of carbonyl (C=O) groups excluding carboxylic acids is 1. The third-order valence-corrected chi connectivity index (χ3v) is 5.97. The molecular weight excluding hydrogens is 373 g/mol. The molecule has 1 aromatic rings. The predicted octanol–water partition coefficient (Wildman–Crippen LogP) is 2.43. The van der Waals surface area contributed by atoms with E-state index in [-0.39, 0.29) is 36.3 Å². The summed E-state index contributed by atoms with van der Waals surface area (Å²) >= 11 is 0. The molecule has 0 spiro atoms.